The first-order chi connectivity index (χ1) is 12.0. The number of sulfonamides is 1. The Morgan fingerprint density at radius 2 is 1.92 bits per heavy atom. The fourth-order valence-corrected chi connectivity index (χ4v) is 3.03. The van der Waals surface area contributed by atoms with Crippen molar-refractivity contribution in [1.82, 2.24) is 10.3 Å². The van der Waals surface area contributed by atoms with Gasteiger partial charge in [-0.3, -0.25) is 10.2 Å². The maximum absolute atomic E-state index is 12.2. The number of carbonyl (C=O) groups is 1. The SMILES string of the molecule is N#Cc1cccc(S(=O)(=O)NNC(=O)[C@@H]2COc3ccccc3O2)c1. The highest BCUT2D eigenvalue weighted by Crippen LogP contribution is 2.30. The van der Waals surface area contributed by atoms with Gasteiger partial charge in [0, 0.05) is 0 Å². The maximum atomic E-state index is 12.2. The fourth-order valence-electron chi connectivity index (χ4n) is 2.14. The number of para-hydroxylation sites is 2. The molecule has 0 radical (unpaired) electrons. The van der Waals surface area contributed by atoms with Crippen LogP contribution in [0.25, 0.3) is 0 Å². The molecule has 2 aromatic rings. The van der Waals surface area contributed by atoms with Crippen LogP contribution in [0, 0.1) is 11.3 Å². The van der Waals surface area contributed by atoms with Gasteiger partial charge in [0.05, 0.1) is 16.5 Å². The number of hydrogen-bond acceptors (Lipinski definition) is 6. The van der Waals surface area contributed by atoms with Crippen LogP contribution in [0.15, 0.2) is 53.4 Å². The monoisotopic (exact) mass is 359 g/mol. The Kier molecular flexibility index (Phi) is 4.56. The van der Waals surface area contributed by atoms with Crippen LogP contribution in [0.2, 0.25) is 0 Å². The molecule has 0 unspecified atom stereocenters. The molecule has 0 fully saturated rings. The number of nitriles is 1. The van der Waals surface area contributed by atoms with Crippen molar-refractivity contribution in [2.24, 2.45) is 0 Å². The molecular weight excluding hydrogens is 346 g/mol. The van der Waals surface area contributed by atoms with E-state index in [0.717, 1.165) is 0 Å². The molecule has 0 aliphatic carbocycles. The van der Waals surface area contributed by atoms with Gasteiger partial charge in [-0.25, -0.2) is 8.42 Å². The lowest BCUT2D eigenvalue weighted by molar-refractivity contribution is -0.130. The molecule has 25 heavy (non-hydrogen) atoms. The summed E-state index contributed by atoms with van der Waals surface area (Å²) in [7, 11) is -4.02. The smallest absolute Gasteiger partial charge is 0.279 e. The Bertz CT molecular complexity index is 952. The van der Waals surface area contributed by atoms with Crippen LogP contribution in [-0.4, -0.2) is 27.0 Å². The van der Waals surface area contributed by atoms with Crippen molar-refractivity contribution in [2.75, 3.05) is 6.61 Å². The second kappa shape index (κ2) is 6.80. The summed E-state index contributed by atoms with van der Waals surface area (Å²) in [5.41, 5.74) is 2.28. The quantitative estimate of drug-likeness (QED) is 0.776. The number of fused-ring (bicyclic) bond motifs is 1. The van der Waals surface area contributed by atoms with E-state index in [2.05, 4.69) is 5.43 Å². The first-order valence-electron chi connectivity index (χ1n) is 7.20. The summed E-state index contributed by atoms with van der Waals surface area (Å²) in [6.07, 6.45) is -0.997. The number of hydrazine groups is 1. The minimum Gasteiger partial charge on any atom is -0.485 e. The largest absolute Gasteiger partial charge is 0.485 e. The van der Waals surface area contributed by atoms with Crippen LogP contribution in [0.5, 0.6) is 11.5 Å². The molecule has 3 rings (SSSR count). The summed E-state index contributed by atoms with van der Waals surface area (Å²) >= 11 is 0. The van der Waals surface area contributed by atoms with Crippen LogP contribution in [-0.2, 0) is 14.8 Å². The van der Waals surface area contributed by atoms with Crippen LogP contribution >= 0.6 is 0 Å². The molecule has 1 aliphatic heterocycles. The molecule has 9 heteroatoms. The van der Waals surface area contributed by atoms with Crippen molar-refractivity contribution in [1.29, 1.82) is 5.26 Å². The molecule has 2 N–H and O–H groups in total. The van der Waals surface area contributed by atoms with E-state index in [1.807, 2.05) is 10.9 Å². The predicted octanol–water partition coefficient (Wildman–Crippen LogP) is 0.708. The van der Waals surface area contributed by atoms with Crippen molar-refractivity contribution < 1.29 is 22.7 Å². The van der Waals surface area contributed by atoms with Crippen molar-refractivity contribution in [2.45, 2.75) is 11.0 Å². The average molecular weight is 359 g/mol. The third-order valence-corrected chi connectivity index (χ3v) is 4.63. The lowest BCUT2D eigenvalue weighted by Crippen LogP contribution is -2.50. The fraction of sp³-hybridized carbons (Fsp3) is 0.125. The Labute approximate surface area is 144 Å². The summed E-state index contributed by atoms with van der Waals surface area (Å²) in [5, 5.41) is 8.83. The summed E-state index contributed by atoms with van der Waals surface area (Å²) in [5.74, 6) is 0.216. The number of carbonyl (C=O) groups excluding carboxylic acids is 1. The molecule has 0 aromatic heterocycles. The predicted molar refractivity (Wildman–Crippen MR) is 86.0 cm³/mol. The Morgan fingerprint density at radius 3 is 2.68 bits per heavy atom. The van der Waals surface area contributed by atoms with Gasteiger partial charge in [0.15, 0.2) is 11.5 Å². The lowest BCUT2D eigenvalue weighted by Gasteiger charge is -2.25. The van der Waals surface area contributed by atoms with E-state index in [1.165, 1.54) is 24.3 Å². The topological polar surface area (TPSA) is 118 Å². The number of rotatable bonds is 4. The number of nitrogens with one attached hydrogen (secondary N) is 2. The van der Waals surface area contributed by atoms with E-state index in [4.69, 9.17) is 14.7 Å². The lowest BCUT2D eigenvalue weighted by atomic mass is 10.2. The highest BCUT2D eigenvalue weighted by atomic mass is 32.2. The molecule has 1 heterocycles. The molecule has 0 bridgehead atoms. The van der Waals surface area contributed by atoms with Crippen molar-refractivity contribution >= 4 is 15.9 Å². The summed E-state index contributed by atoms with van der Waals surface area (Å²) in [4.78, 5) is 13.9. The van der Waals surface area contributed by atoms with Gasteiger partial charge in [0.25, 0.3) is 15.9 Å². The van der Waals surface area contributed by atoms with Gasteiger partial charge < -0.3 is 9.47 Å². The molecule has 8 nitrogen and oxygen atoms in total. The number of ether oxygens (including phenoxy) is 2. The van der Waals surface area contributed by atoms with Gasteiger partial charge in [-0.2, -0.15) is 5.26 Å². The molecule has 128 valence electrons. The number of hydrogen-bond donors (Lipinski definition) is 2. The van der Waals surface area contributed by atoms with Crippen LogP contribution < -0.4 is 19.7 Å². The normalized spacial score (nSPS) is 15.9. The maximum Gasteiger partial charge on any atom is 0.279 e. The molecule has 0 spiro atoms. The molecule has 1 amide bonds. The first-order valence-corrected chi connectivity index (χ1v) is 8.68. The van der Waals surface area contributed by atoms with Crippen LogP contribution in [0.3, 0.4) is 0 Å². The summed E-state index contributed by atoms with van der Waals surface area (Å²) in [6.45, 7) is -0.0471. The highest BCUT2D eigenvalue weighted by Gasteiger charge is 2.28. The van der Waals surface area contributed by atoms with Crippen molar-refractivity contribution in [3.05, 3.63) is 54.1 Å². The van der Waals surface area contributed by atoms with E-state index in [9.17, 15) is 13.2 Å². The van der Waals surface area contributed by atoms with Gasteiger partial charge >= 0.3 is 0 Å². The summed E-state index contributed by atoms with van der Waals surface area (Å²) < 4.78 is 35.2. The van der Waals surface area contributed by atoms with Gasteiger partial charge in [0.2, 0.25) is 6.10 Å². The molecule has 0 saturated heterocycles. The zero-order valence-corrected chi connectivity index (χ0v) is 13.6. The first kappa shape index (κ1) is 16.8. The van der Waals surface area contributed by atoms with E-state index < -0.39 is 22.0 Å². The molecule has 0 saturated carbocycles. The minimum atomic E-state index is -4.02. The highest BCUT2D eigenvalue weighted by molar-refractivity contribution is 7.89. The Morgan fingerprint density at radius 1 is 1.16 bits per heavy atom. The standard InChI is InChI=1S/C16H13N3O5S/c17-9-11-4-3-5-12(8-11)25(21,22)19-18-16(20)15-10-23-13-6-1-2-7-14(13)24-15/h1-8,15,19H,10H2,(H,18,20)/t15-/m0/s1. The number of nitrogens with zero attached hydrogens (tertiary/aromatic N) is 1. The van der Waals surface area contributed by atoms with Crippen molar-refractivity contribution in [3.8, 4) is 17.6 Å². The second-order valence-corrected chi connectivity index (χ2v) is 6.78. The third kappa shape index (κ3) is 3.71. The Hall–Kier alpha value is -3.09. The third-order valence-electron chi connectivity index (χ3n) is 3.38. The van der Waals surface area contributed by atoms with Gasteiger partial charge in [-0.05, 0) is 30.3 Å². The van der Waals surface area contributed by atoms with Crippen molar-refractivity contribution in [3.63, 3.8) is 0 Å². The molecule has 1 atom stereocenters. The molecular formula is C16H13N3O5S. The number of benzene rings is 2. The molecule has 2 aromatic carbocycles. The van der Waals surface area contributed by atoms with Crippen LogP contribution in [0.4, 0.5) is 0 Å². The zero-order valence-electron chi connectivity index (χ0n) is 12.8. The molecule has 1 aliphatic rings. The summed E-state index contributed by atoms with van der Waals surface area (Å²) in [6, 6.07) is 14.1. The van der Waals surface area contributed by atoms with E-state index in [0.29, 0.717) is 11.5 Å². The minimum absolute atomic E-state index is 0.0471. The van der Waals surface area contributed by atoms with Gasteiger partial charge in [-0.15, -0.1) is 4.83 Å². The van der Waals surface area contributed by atoms with Gasteiger partial charge in [0.1, 0.15) is 6.61 Å². The van der Waals surface area contributed by atoms with Gasteiger partial charge in [-0.1, -0.05) is 18.2 Å². The Balaban J connectivity index is 1.65. The van der Waals surface area contributed by atoms with E-state index in [1.54, 1.807) is 24.3 Å². The average Bonchev–Trinajstić information content (AvgIpc) is 2.65. The number of amides is 1. The zero-order chi connectivity index (χ0) is 17.9. The second-order valence-electron chi connectivity index (χ2n) is 5.10. The van der Waals surface area contributed by atoms with E-state index >= 15 is 0 Å². The van der Waals surface area contributed by atoms with E-state index in [-0.39, 0.29) is 17.1 Å². The van der Waals surface area contributed by atoms with Crippen LogP contribution in [0.1, 0.15) is 5.56 Å².